The van der Waals surface area contributed by atoms with Crippen molar-refractivity contribution >= 4 is 11.7 Å². The Morgan fingerprint density at radius 2 is 1.89 bits per heavy atom. The number of aromatic nitrogens is 3. The Hall–Kier alpha value is -3.41. The van der Waals surface area contributed by atoms with E-state index in [0.29, 0.717) is 18.2 Å². The Morgan fingerprint density at radius 3 is 2.68 bits per heavy atom. The molecule has 140 valence electrons. The van der Waals surface area contributed by atoms with Gasteiger partial charge >= 0.3 is 0 Å². The van der Waals surface area contributed by atoms with Crippen molar-refractivity contribution in [2.75, 3.05) is 5.32 Å². The monoisotopic (exact) mass is 372 g/mol. The number of aryl methyl sites for hydroxylation is 1. The van der Waals surface area contributed by atoms with Crippen LogP contribution in [-0.4, -0.2) is 25.7 Å². The van der Waals surface area contributed by atoms with Crippen molar-refractivity contribution in [3.8, 4) is 17.1 Å². The first kappa shape index (κ1) is 16.7. The second-order valence-corrected chi connectivity index (χ2v) is 7.31. The zero-order chi connectivity index (χ0) is 19.3. The first-order chi connectivity index (χ1) is 13.6. The summed E-state index contributed by atoms with van der Waals surface area (Å²) >= 11 is 0. The number of Topliss-reactive ketones (excluding diaryl/α,β-unsaturated/α-hetero) is 1. The summed E-state index contributed by atoms with van der Waals surface area (Å²) in [5.41, 5.74) is 4.67. The summed E-state index contributed by atoms with van der Waals surface area (Å²) in [6.45, 7) is 2.03. The lowest BCUT2D eigenvalue weighted by Gasteiger charge is -2.32. The van der Waals surface area contributed by atoms with Crippen LogP contribution in [0.5, 0.6) is 5.75 Å². The standard InChI is InChI=1S/C22H20N4O2/c1-13-5-2-3-6-16(13)21-24-22-23-17-7-4-8-18(28)19(17)20(26(22)25-21)14-9-11-15(27)12-10-14/h2-3,5-6,9-12,20,27H,4,7-8H2,1H3,(H,23,24,25). The first-order valence-corrected chi connectivity index (χ1v) is 9.46. The predicted octanol–water partition coefficient (Wildman–Crippen LogP) is 3.98. The first-order valence-electron chi connectivity index (χ1n) is 9.46. The molecule has 0 saturated carbocycles. The van der Waals surface area contributed by atoms with Crippen LogP contribution in [0, 0.1) is 6.92 Å². The van der Waals surface area contributed by atoms with E-state index in [2.05, 4.69) is 5.32 Å². The van der Waals surface area contributed by atoms with E-state index in [9.17, 15) is 9.90 Å². The number of nitrogens with zero attached hydrogens (tertiary/aromatic N) is 3. The maximum absolute atomic E-state index is 12.8. The average Bonchev–Trinajstić information content (AvgIpc) is 3.11. The minimum Gasteiger partial charge on any atom is -0.508 e. The van der Waals surface area contributed by atoms with Gasteiger partial charge in [-0.05, 0) is 43.0 Å². The summed E-state index contributed by atoms with van der Waals surface area (Å²) in [4.78, 5) is 17.5. The molecule has 2 heterocycles. The van der Waals surface area contributed by atoms with E-state index in [-0.39, 0.29) is 17.6 Å². The zero-order valence-electron chi connectivity index (χ0n) is 15.5. The van der Waals surface area contributed by atoms with Gasteiger partial charge in [-0.3, -0.25) is 4.79 Å². The molecule has 2 aliphatic rings. The van der Waals surface area contributed by atoms with Gasteiger partial charge in [0.05, 0.1) is 0 Å². The minimum atomic E-state index is -0.343. The smallest absolute Gasteiger partial charge is 0.226 e. The SMILES string of the molecule is Cc1ccccc1-c1nc2n(n1)C(c1ccc(O)cc1)C1=C(CCCC1=O)N2. The summed E-state index contributed by atoms with van der Waals surface area (Å²) in [6, 6.07) is 14.6. The number of carbonyl (C=O) groups excluding carboxylic acids is 1. The van der Waals surface area contributed by atoms with Crippen molar-refractivity contribution in [3.63, 3.8) is 0 Å². The number of rotatable bonds is 2. The molecule has 0 spiro atoms. The Kier molecular flexibility index (Phi) is 3.79. The van der Waals surface area contributed by atoms with Crippen molar-refractivity contribution in [1.29, 1.82) is 0 Å². The number of aromatic hydroxyl groups is 1. The van der Waals surface area contributed by atoms with Crippen LogP contribution >= 0.6 is 0 Å². The number of benzene rings is 2. The number of hydrogen-bond donors (Lipinski definition) is 2. The van der Waals surface area contributed by atoms with Crippen LogP contribution in [0.25, 0.3) is 11.4 Å². The van der Waals surface area contributed by atoms with Crippen molar-refractivity contribution in [2.24, 2.45) is 0 Å². The lowest BCUT2D eigenvalue weighted by molar-refractivity contribution is -0.116. The lowest BCUT2D eigenvalue weighted by Crippen LogP contribution is -2.31. The van der Waals surface area contributed by atoms with Crippen LogP contribution in [0.15, 0.2) is 59.8 Å². The Labute approximate surface area is 162 Å². The fraction of sp³-hybridized carbons (Fsp3) is 0.227. The normalized spacial score (nSPS) is 18.5. The Bertz CT molecular complexity index is 1110. The molecule has 3 aromatic rings. The highest BCUT2D eigenvalue weighted by molar-refractivity contribution is 5.99. The van der Waals surface area contributed by atoms with Gasteiger partial charge in [-0.25, -0.2) is 4.68 Å². The maximum atomic E-state index is 12.8. The van der Waals surface area contributed by atoms with Gasteiger partial charge in [0.2, 0.25) is 5.95 Å². The molecule has 0 amide bonds. The second kappa shape index (κ2) is 6.34. The molecule has 1 aliphatic carbocycles. The van der Waals surface area contributed by atoms with Gasteiger partial charge in [-0.15, -0.1) is 5.10 Å². The van der Waals surface area contributed by atoms with Gasteiger partial charge in [0.15, 0.2) is 11.6 Å². The highest BCUT2D eigenvalue weighted by Crippen LogP contribution is 2.41. The summed E-state index contributed by atoms with van der Waals surface area (Å²) in [6.07, 6.45) is 2.21. The number of carbonyl (C=O) groups is 1. The van der Waals surface area contributed by atoms with Crippen LogP contribution in [0.1, 0.15) is 36.4 Å². The van der Waals surface area contributed by atoms with E-state index in [1.165, 1.54) is 0 Å². The zero-order valence-corrected chi connectivity index (χ0v) is 15.5. The molecule has 1 atom stereocenters. The molecule has 1 aromatic heterocycles. The largest absolute Gasteiger partial charge is 0.508 e. The molecule has 28 heavy (non-hydrogen) atoms. The number of phenolic OH excluding ortho intramolecular Hbond substituents is 1. The number of anilines is 1. The Morgan fingerprint density at radius 1 is 1.11 bits per heavy atom. The van der Waals surface area contributed by atoms with Crippen molar-refractivity contribution in [3.05, 3.63) is 70.9 Å². The fourth-order valence-corrected chi connectivity index (χ4v) is 4.06. The molecule has 6 nitrogen and oxygen atoms in total. The Balaban J connectivity index is 1.69. The molecule has 0 saturated heterocycles. The van der Waals surface area contributed by atoms with Gasteiger partial charge in [0.1, 0.15) is 11.8 Å². The summed E-state index contributed by atoms with van der Waals surface area (Å²) in [5, 5.41) is 17.8. The molecule has 2 aromatic carbocycles. The van der Waals surface area contributed by atoms with E-state index in [0.717, 1.165) is 40.8 Å². The molecular formula is C22H20N4O2. The van der Waals surface area contributed by atoms with Crippen LogP contribution in [-0.2, 0) is 4.79 Å². The fourth-order valence-electron chi connectivity index (χ4n) is 4.06. The van der Waals surface area contributed by atoms with Crippen LogP contribution in [0.2, 0.25) is 0 Å². The maximum Gasteiger partial charge on any atom is 0.226 e. The number of allylic oxidation sites excluding steroid dienone is 2. The highest BCUT2D eigenvalue weighted by atomic mass is 16.3. The van der Waals surface area contributed by atoms with E-state index in [1.807, 2.05) is 43.3 Å². The van der Waals surface area contributed by atoms with Gasteiger partial charge < -0.3 is 10.4 Å². The highest BCUT2D eigenvalue weighted by Gasteiger charge is 2.36. The van der Waals surface area contributed by atoms with Gasteiger partial charge in [-0.1, -0.05) is 36.4 Å². The number of hydrogen-bond acceptors (Lipinski definition) is 5. The summed E-state index contributed by atoms with van der Waals surface area (Å²) in [7, 11) is 0. The van der Waals surface area contributed by atoms with E-state index in [4.69, 9.17) is 10.1 Å². The third kappa shape index (κ3) is 2.60. The predicted molar refractivity (Wildman–Crippen MR) is 106 cm³/mol. The lowest BCUT2D eigenvalue weighted by atomic mass is 9.85. The third-order valence-corrected chi connectivity index (χ3v) is 5.46. The summed E-state index contributed by atoms with van der Waals surface area (Å²) in [5.74, 6) is 1.62. The van der Waals surface area contributed by atoms with Crippen molar-refractivity contribution < 1.29 is 9.90 Å². The molecule has 1 unspecified atom stereocenters. The molecule has 2 N–H and O–H groups in total. The molecule has 1 aliphatic heterocycles. The van der Waals surface area contributed by atoms with E-state index >= 15 is 0 Å². The van der Waals surface area contributed by atoms with E-state index < -0.39 is 0 Å². The minimum absolute atomic E-state index is 0.144. The van der Waals surface area contributed by atoms with Crippen molar-refractivity contribution in [2.45, 2.75) is 32.2 Å². The number of fused-ring (bicyclic) bond motifs is 1. The quantitative estimate of drug-likeness (QED) is 0.711. The molecule has 5 rings (SSSR count). The molecule has 0 radical (unpaired) electrons. The van der Waals surface area contributed by atoms with Crippen molar-refractivity contribution in [1.82, 2.24) is 14.8 Å². The van der Waals surface area contributed by atoms with Crippen LogP contribution < -0.4 is 5.32 Å². The number of ketones is 1. The molecule has 6 heteroatoms. The van der Waals surface area contributed by atoms with Crippen LogP contribution in [0.4, 0.5) is 5.95 Å². The summed E-state index contributed by atoms with van der Waals surface area (Å²) < 4.78 is 1.80. The molecule has 0 fully saturated rings. The topological polar surface area (TPSA) is 80.0 Å². The van der Waals surface area contributed by atoms with Gasteiger partial charge in [-0.2, -0.15) is 4.98 Å². The molecular weight excluding hydrogens is 352 g/mol. The third-order valence-electron chi connectivity index (χ3n) is 5.46. The molecule has 0 bridgehead atoms. The van der Waals surface area contributed by atoms with Gasteiger partial charge in [0, 0.05) is 23.3 Å². The second-order valence-electron chi connectivity index (χ2n) is 7.31. The van der Waals surface area contributed by atoms with E-state index in [1.54, 1.807) is 16.8 Å². The number of phenols is 1. The number of nitrogens with one attached hydrogen (secondary N) is 1. The average molecular weight is 372 g/mol. The van der Waals surface area contributed by atoms with Crippen LogP contribution in [0.3, 0.4) is 0 Å². The van der Waals surface area contributed by atoms with Gasteiger partial charge in [0.25, 0.3) is 0 Å².